The van der Waals surface area contributed by atoms with E-state index in [1.807, 2.05) is 12.1 Å². The first kappa shape index (κ1) is 18.6. The molecule has 4 nitrogen and oxygen atoms in total. The molecule has 0 fully saturated rings. The van der Waals surface area contributed by atoms with Gasteiger partial charge in [0.2, 0.25) is 5.56 Å². The molecule has 0 aliphatic rings. The van der Waals surface area contributed by atoms with E-state index in [-0.39, 0.29) is 11.5 Å². The van der Waals surface area contributed by atoms with Gasteiger partial charge in [-0.1, -0.05) is 47.1 Å². The van der Waals surface area contributed by atoms with E-state index in [1.54, 1.807) is 19.3 Å². The van der Waals surface area contributed by atoms with Crippen LogP contribution < -0.4 is 5.56 Å². The molecule has 0 saturated carbocycles. The third-order valence-electron chi connectivity index (χ3n) is 4.23. The Kier molecular flexibility index (Phi) is 6.49. The van der Waals surface area contributed by atoms with Gasteiger partial charge in [0, 0.05) is 23.8 Å². The lowest BCUT2D eigenvalue weighted by Crippen LogP contribution is -2.16. The average molecular weight is 391 g/mol. The standard InChI is InChI=1S/C19H23BrN2O2/c1-13(2)10-16(14-4-7-17(20)8-5-14)11-18(21-24)15-6-9-19(23)22(3)12-15/h4-9,12-13,16,18H,10-11H2,1-3H3. The maximum atomic E-state index is 11.6. The number of aromatic nitrogens is 1. The van der Waals surface area contributed by atoms with Gasteiger partial charge in [-0.3, -0.25) is 4.79 Å². The summed E-state index contributed by atoms with van der Waals surface area (Å²) in [6.45, 7) is 4.36. The first-order valence-corrected chi connectivity index (χ1v) is 8.94. The summed E-state index contributed by atoms with van der Waals surface area (Å²) in [6.07, 6.45) is 3.34. The molecule has 0 spiro atoms. The smallest absolute Gasteiger partial charge is 0.250 e. The number of hydrogen-bond donors (Lipinski definition) is 0. The molecule has 1 heterocycles. The maximum Gasteiger partial charge on any atom is 0.250 e. The largest absolute Gasteiger partial charge is 0.318 e. The van der Waals surface area contributed by atoms with E-state index in [4.69, 9.17) is 0 Å². The third kappa shape index (κ3) is 4.87. The van der Waals surface area contributed by atoms with Crippen molar-refractivity contribution in [1.29, 1.82) is 0 Å². The van der Waals surface area contributed by atoms with Gasteiger partial charge in [0.15, 0.2) is 0 Å². The normalized spacial score (nSPS) is 13.7. The van der Waals surface area contributed by atoms with E-state index in [0.717, 1.165) is 16.5 Å². The van der Waals surface area contributed by atoms with Crippen molar-refractivity contribution in [2.24, 2.45) is 18.1 Å². The Morgan fingerprint density at radius 3 is 2.21 bits per heavy atom. The van der Waals surface area contributed by atoms with Crippen molar-refractivity contribution in [3.8, 4) is 0 Å². The summed E-state index contributed by atoms with van der Waals surface area (Å²) in [5.74, 6) is 0.768. The number of rotatable bonds is 7. The predicted molar refractivity (Wildman–Crippen MR) is 101 cm³/mol. The van der Waals surface area contributed by atoms with Crippen molar-refractivity contribution < 1.29 is 0 Å². The van der Waals surface area contributed by atoms with Crippen LogP contribution in [-0.2, 0) is 7.05 Å². The highest BCUT2D eigenvalue weighted by molar-refractivity contribution is 9.10. The molecule has 0 radical (unpaired) electrons. The van der Waals surface area contributed by atoms with Crippen molar-refractivity contribution in [2.45, 2.75) is 38.6 Å². The third-order valence-corrected chi connectivity index (χ3v) is 4.75. The quantitative estimate of drug-likeness (QED) is 0.611. The number of pyridine rings is 1. The van der Waals surface area contributed by atoms with Crippen molar-refractivity contribution in [1.82, 2.24) is 4.57 Å². The van der Waals surface area contributed by atoms with Crippen molar-refractivity contribution in [3.05, 3.63) is 73.5 Å². The summed E-state index contributed by atoms with van der Waals surface area (Å²) in [6, 6.07) is 11.0. The van der Waals surface area contributed by atoms with E-state index in [0.29, 0.717) is 12.3 Å². The SMILES string of the molecule is CC(C)CC(CC(N=O)c1ccc(=O)n(C)c1)c1ccc(Br)cc1. The van der Waals surface area contributed by atoms with E-state index >= 15 is 0 Å². The Bertz CT molecular complexity index is 738. The van der Waals surface area contributed by atoms with E-state index in [1.165, 1.54) is 16.2 Å². The van der Waals surface area contributed by atoms with Gasteiger partial charge in [0.25, 0.3) is 0 Å². The lowest BCUT2D eigenvalue weighted by Gasteiger charge is -2.22. The Morgan fingerprint density at radius 1 is 1.04 bits per heavy atom. The second kappa shape index (κ2) is 8.38. The fraction of sp³-hybridized carbons (Fsp3) is 0.421. The lowest BCUT2D eigenvalue weighted by molar-refractivity contribution is 0.444. The molecule has 0 aliphatic heterocycles. The Morgan fingerprint density at radius 2 is 1.67 bits per heavy atom. The summed E-state index contributed by atoms with van der Waals surface area (Å²) >= 11 is 3.46. The van der Waals surface area contributed by atoms with Crippen LogP contribution >= 0.6 is 15.9 Å². The van der Waals surface area contributed by atoms with Gasteiger partial charge >= 0.3 is 0 Å². The molecule has 2 rings (SSSR count). The molecule has 0 amide bonds. The predicted octanol–water partition coefficient (Wildman–Crippen LogP) is 5.18. The second-order valence-corrected chi connectivity index (χ2v) is 7.56. The van der Waals surface area contributed by atoms with Crippen LogP contribution in [0.25, 0.3) is 0 Å². The zero-order chi connectivity index (χ0) is 17.7. The Labute approximate surface area is 151 Å². The second-order valence-electron chi connectivity index (χ2n) is 6.65. The number of nitroso groups, excluding NO2 is 1. The summed E-state index contributed by atoms with van der Waals surface area (Å²) in [7, 11) is 1.69. The maximum absolute atomic E-state index is 11.6. The fourth-order valence-corrected chi connectivity index (χ4v) is 3.26. The summed E-state index contributed by atoms with van der Waals surface area (Å²) < 4.78 is 2.53. The Hall–Kier alpha value is -1.75. The van der Waals surface area contributed by atoms with Crippen molar-refractivity contribution >= 4 is 15.9 Å². The van der Waals surface area contributed by atoms with Gasteiger partial charge < -0.3 is 4.57 Å². The van der Waals surface area contributed by atoms with Crippen LogP contribution in [0.2, 0.25) is 0 Å². The summed E-state index contributed by atoms with van der Waals surface area (Å²) in [5.41, 5.74) is 1.92. The van der Waals surface area contributed by atoms with Gasteiger partial charge in [-0.05, 0) is 54.0 Å². The number of halogens is 1. The zero-order valence-corrected chi connectivity index (χ0v) is 15.9. The van der Waals surface area contributed by atoms with E-state index < -0.39 is 6.04 Å². The highest BCUT2D eigenvalue weighted by atomic mass is 79.9. The molecule has 2 atom stereocenters. The summed E-state index contributed by atoms with van der Waals surface area (Å²) in [4.78, 5) is 23.0. The van der Waals surface area contributed by atoms with Crippen molar-refractivity contribution in [2.75, 3.05) is 0 Å². The average Bonchev–Trinajstić information content (AvgIpc) is 2.54. The van der Waals surface area contributed by atoms with Crippen LogP contribution in [-0.4, -0.2) is 4.57 Å². The van der Waals surface area contributed by atoms with Crippen LogP contribution in [0.1, 0.15) is 49.8 Å². The van der Waals surface area contributed by atoms with Crippen LogP contribution in [0.5, 0.6) is 0 Å². The highest BCUT2D eigenvalue weighted by Crippen LogP contribution is 2.35. The van der Waals surface area contributed by atoms with Crippen LogP contribution in [0.3, 0.4) is 0 Å². The summed E-state index contributed by atoms with van der Waals surface area (Å²) in [5, 5.41) is 3.34. The molecule has 0 N–H and O–H groups in total. The monoisotopic (exact) mass is 390 g/mol. The minimum absolute atomic E-state index is 0.0879. The molecular weight excluding hydrogens is 368 g/mol. The molecule has 0 bridgehead atoms. The molecule has 5 heteroatoms. The minimum Gasteiger partial charge on any atom is -0.318 e. The highest BCUT2D eigenvalue weighted by Gasteiger charge is 2.22. The lowest BCUT2D eigenvalue weighted by atomic mass is 9.84. The zero-order valence-electron chi connectivity index (χ0n) is 14.3. The van der Waals surface area contributed by atoms with Crippen LogP contribution in [0, 0.1) is 10.8 Å². The minimum atomic E-state index is -0.454. The van der Waals surface area contributed by atoms with Gasteiger partial charge in [-0.25, -0.2) is 0 Å². The van der Waals surface area contributed by atoms with E-state index in [2.05, 4.69) is 47.1 Å². The molecule has 2 aromatic rings. The number of hydrogen-bond acceptors (Lipinski definition) is 3. The van der Waals surface area contributed by atoms with E-state index in [9.17, 15) is 9.70 Å². The Balaban J connectivity index is 2.28. The molecule has 0 aliphatic carbocycles. The fourth-order valence-electron chi connectivity index (χ4n) is 2.99. The van der Waals surface area contributed by atoms with Gasteiger partial charge in [-0.15, -0.1) is 0 Å². The molecule has 1 aromatic heterocycles. The number of nitrogens with zero attached hydrogens (tertiary/aromatic N) is 2. The van der Waals surface area contributed by atoms with Crippen molar-refractivity contribution in [3.63, 3.8) is 0 Å². The van der Waals surface area contributed by atoms with Gasteiger partial charge in [0.05, 0.1) is 0 Å². The topological polar surface area (TPSA) is 51.4 Å². The number of aryl methyl sites for hydroxylation is 1. The molecule has 0 saturated heterocycles. The van der Waals surface area contributed by atoms with Crippen LogP contribution in [0.4, 0.5) is 0 Å². The molecule has 128 valence electrons. The molecule has 24 heavy (non-hydrogen) atoms. The first-order chi connectivity index (χ1) is 11.4. The molecular formula is C19H23BrN2O2. The molecule has 1 aromatic carbocycles. The van der Waals surface area contributed by atoms with Crippen LogP contribution in [0.15, 0.2) is 57.0 Å². The number of benzene rings is 1. The first-order valence-electron chi connectivity index (χ1n) is 8.15. The van der Waals surface area contributed by atoms with Gasteiger partial charge in [-0.2, -0.15) is 4.91 Å². The molecule has 2 unspecified atom stereocenters. The van der Waals surface area contributed by atoms with Gasteiger partial charge in [0.1, 0.15) is 6.04 Å².